The van der Waals surface area contributed by atoms with E-state index in [0.717, 1.165) is 50.7 Å². The van der Waals surface area contributed by atoms with E-state index in [1.807, 2.05) is 0 Å². The van der Waals surface area contributed by atoms with E-state index in [9.17, 15) is 4.79 Å². The quantitative estimate of drug-likeness (QED) is 0.833. The van der Waals surface area contributed by atoms with Crippen LogP contribution in [0, 0.1) is 5.92 Å². The molecule has 0 radical (unpaired) electrons. The molecule has 23 heavy (non-hydrogen) atoms. The van der Waals surface area contributed by atoms with Crippen LogP contribution in [0.5, 0.6) is 0 Å². The molecule has 3 heterocycles. The number of carbonyl (C=O) groups is 1. The Morgan fingerprint density at radius 2 is 2.00 bits per heavy atom. The van der Waals surface area contributed by atoms with E-state index in [0.29, 0.717) is 12.0 Å². The van der Waals surface area contributed by atoms with Crippen molar-refractivity contribution in [2.75, 3.05) is 39.4 Å². The third-order valence-corrected chi connectivity index (χ3v) is 6.81. The number of likely N-dealkylation sites (tertiary alicyclic amines) is 1. The standard InChI is InChI=1S/C18H26N2O2S/c1-13-11-20(12-15(13)19-6-8-22-9-7-19)18(21)17-10-14-4-2-3-5-16(14)23-17/h10,13,15H,2-9,11-12H2,1H3/t13-,15+/m1/s1. The van der Waals surface area contributed by atoms with E-state index < -0.39 is 0 Å². The summed E-state index contributed by atoms with van der Waals surface area (Å²) in [5.74, 6) is 0.804. The number of amides is 1. The van der Waals surface area contributed by atoms with Crippen LogP contribution in [0.4, 0.5) is 0 Å². The molecule has 2 aliphatic heterocycles. The van der Waals surface area contributed by atoms with Crippen LogP contribution < -0.4 is 0 Å². The Morgan fingerprint density at radius 1 is 1.22 bits per heavy atom. The van der Waals surface area contributed by atoms with E-state index >= 15 is 0 Å². The minimum absolute atomic E-state index is 0.256. The lowest BCUT2D eigenvalue weighted by atomic mass is 9.99. The first-order chi connectivity index (χ1) is 11.2. The predicted octanol–water partition coefficient (Wildman–Crippen LogP) is 2.42. The summed E-state index contributed by atoms with van der Waals surface area (Å²) in [5.41, 5.74) is 1.43. The highest BCUT2D eigenvalue weighted by Crippen LogP contribution is 2.32. The highest BCUT2D eigenvalue weighted by Gasteiger charge is 2.37. The van der Waals surface area contributed by atoms with E-state index in [1.54, 1.807) is 11.3 Å². The van der Waals surface area contributed by atoms with Crippen LogP contribution >= 0.6 is 11.3 Å². The van der Waals surface area contributed by atoms with Gasteiger partial charge in [0.2, 0.25) is 0 Å². The van der Waals surface area contributed by atoms with Gasteiger partial charge in [-0.25, -0.2) is 0 Å². The molecule has 2 atom stereocenters. The van der Waals surface area contributed by atoms with Crippen molar-refractivity contribution in [1.82, 2.24) is 9.80 Å². The lowest BCUT2D eigenvalue weighted by molar-refractivity contribution is 0.0119. The highest BCUT2D eigenvalue weighted by molar-refractivity contribution is 7.14. The van der Waals surface area contributed by atoms with Crippen LogP contribution in [0.1, 0.15) is 39.9 Å². The number of morpholine rings is 1. The summed E-state index contributed by atoms with van der Waals surface area (Å²) in [6, 6.07) is 2.67. The second-order valence-corrected chi connectivity index (χ2v) is 8.31. The van der Waals surface area contributed by atoms with Crippen molar-refractivity contribution in [3.8, 4) is 0 Å². The van der Waals surface area contributed by atoms with Crippen molar-refractivity contribution in [3.63, 3.8) is 0 Å². The zero-order valence-corrected chi connectivity index (χ0v) is 14.7. The first kappa shape index (κ1) is 15.6. The number of carbonyl (C=O) groups excluding carboxylic acids is 1. The number of hydrogen-bond acceptors (Lipinski definition) is 4. The molecule has 1 aromatic rings. The lowest BCUT2D eigenvalue weighted by Crippen LogP contribution is -2.47. The first-order valence-electron chi connectivity index (χ1n) is 8.95. The Labute approximate surface area is 142 Å². The molecule has 1 aliphatic carbocycles. The molecule has 1 aromatic heterocycles. The van der Waals surface area contributed by atoms with Crippen LogP contribution in [-0.2, 0) is 17.6 Å². The molecule has 0 spiro atoms. The SMILES string of the molecule is C[C@@H]1CN(C(=O)c2cc3c(s2)CCCC3)C[C@@H]1N1CCOCC1. The van der Waals surface area contributed by atoms with Gasteiger partial charge in [-0.2, -0.15) is 0 Å². The third-order valence-electron chi connectivity index (χ3n) is 5.58. The molecule has 3 aliphatic rings. The number of ether oxygens (including phenoxy) is 1. The fraction of sp³-hybridized carbons (Fsp3) is 0.722. The summed E-state index contributed by atoms with van der Waals surface area (Å²) < 4.78 is 5.46. The Bertz CT molecular complexity index is 556. The zero-order valence-electron chi connectivity index (χ0n) is 13.9. The number of hydrogen-bond donors (Lipinski definition) is 0. The van der Waals surface area contributed by atoms with Gasteiger partial charge in [-0.1, -0.05) is 6.92 Å². The molecule has 4 nitrogen and oxygen atoms in total. The minimum Gasteiger partial charge on any atom is -0.379 e. The van der Waals surface area contributed by atoms with Gasteiger partial charge in [0.1, 0.15) is 0 Å². The smallest absolute Gasteiger partial charge is 0.264 e. The topological polar surface area (TPSA) is 32.8 Å². The highest BCUT2D eigenvalue weighted by atomic mass is 32.1. The van der Waals surface area contributed by atoms with Crippen LogP contribution in [0.15, 0.2) is 6.07 Å². The normalized spacial score (nSPS) is 28.8. The second-order valence-electron chi connectivity index (χ2n) is 7.17. The summed E-state index contributed by atoms with van der Waals surface area (Å²) in [7, 11) is 0. The molecule has 0 saturated carbocycles. The van der Waals surface area contributed by atoms with Crippen LogP contribution in [0.3, 0.4) is 0 Å². The lowest BCUT2D eigenvalue weighted by Gasteiger charge is -2.33. The third kappa shape index (κ3) is 3.06. The molecule has 2 saturated heterocycles. The number of fused-ring (bicyclic) bond motifs is 1. The maximum Gasteiger partial charge on any atom is 0.264 e. The number of rotatable bonds is 2. The number of thiophene rings is 1. The van der Waals surface area contributed by atoms with E-state index in [1.165, 1.54) is 29.7 Å². The minimum atomic E-state index is 0.256. The average molecular weight is 334 g/mol. The molecule has 1 amide bonds. The molecular formula is C18H26N2O2S. The van der Waals surface area contributed by atoms with Crippen molar-refractivity contribution in [2.45, 2.75) is 38.6 Å². The van der Waals surface area contributed by atoms with Crippen LogP contribution in [-0.4, -0.2) is 61.1 Å². The molecule has 4 rings (SSSR count). The van der Waals surface area contributed by atoms with Gasteiger partial charge in [0.15, 0.2) is 0 Å². The maximum atomic E-state index is 12.9. The largest absolute Gasteiger partial charge is 0.379 e. The fourth-order valence-corrected chi connectivity index (χ4v) is 5.47. The molecule has 126 valence electrons. The monoisotopic (exact) mass is 334 g/mol. The summed E-state index contributed by atoms with van der Waals surface area (Å²) in [4.78, 5) is 20.0. The van der Waals surface area contributed by atoms with Gasteiger partial charge in [-0.15, -0.1) is 11.3 Å². The predicted molar refractivity (Wildman–Crippen MR) is 92.2 cm³/mol. The molecule has 2 fully saturated rings. The van der Waals surface area contributed by atoms with E-state index in [-0.39, 0.29) is 5.91 Å². The van der Waals surface area contributed by atoms with E-state index in [2.05, 4.69) is 22.8 Å². The summed E-state index contributed by atoms with van der Waals surface area (Å²) in [5, 5.41) is 0. The van der Waals surface area contributed by atoms with Gasteiger partial charge in [0, 0.05) is 37.1 Å². The first-order valence-corrected chi connectivity index (χ1v) is 9.76. The van der Waals surface area contributed by atoms with Gasteiger partial charge in [-0.3, -0.25) is 9.69 Å². The van der Waals surface area contributed by atoms with Gasteiger partial charge < -0.3 is 9.64 Å². The fourth-order valence-electron chi connectivity index (χ4n) is 4.25. The second kappa shape index (κ2) is 6.54. The zero-order chi connectivity index (χ0) is 15.8. The van der Waals surface area contributed by atoms with Crippen molar-refractivity contribution in [2.24, 2.45) is 5.92 Å². The van der Waals surface area contributed by atoms with Gasteiger partial charge >= 0.3 is 0 Å². The van der Waals surface area contributed by atoms with Crippen molar-refractivity contribution in [3.05, 3.63) is 21.4 Å². The molecule has 0 unspecified atom stereocenters. The van der Waals surface area contributed by atoms with Crippen LogP contribution in [0.25, 0.3) is 0 Å². The molecule has 0 bridgehead atoms. The average Bonchev–Trinajstić information content (AvgIpc) is 3.18. The molecule has 5 heteroatoms. The number of nitrogens with zero attached hydrogens (tertiary/aromatic N) is 2. The van der Waals surface area contributed by atoms with Crippen molar-refractivity contribution >= 4 is 17.2 Å². The van der Waals surface area contributed by atoms with Gasteiger partial charge in [0.05, 0.1) is 18.1 Å². The molecule has 0 aromatic carbocycles. The Balaban J connectivity index is 1.45. The Hall–Kier alpha value is -0.910. The summed E-state index contributed by atoms with van der Waals surface area (Å²) in [6.07, 6.45) is 4.88. The molecular weight excluding hydrogens is 308 g/mol. The van der Waals surface area contributed by atoms with E-state index in [4.69, 9.17) is 4.74 Å². The van der Waals surface area contributed by atoms with Crippen molar-refractivity contribution < 1.29 is 9.53 Å². The van der Waals surface area contributed by atoms with Crippen LogP contribution in [0.2, 0.25) is 0 Å². The Kier molecular flexibility index (Phi) is 4.43. The van der Waals surface area contributed by atoms with Gasteiger partial charge in [0.25, 0.3) is 5.91 Å². The summed E-state index contributed by atoms with van der Waals surface area (Å²) in [6.45, 7) is 7.72. The Morgan fingerprint density at radius 3 is 2.78 bits per heavy atom. The number of aryl methyl sites for hydroxylation is 2. The summed E-state index contributed by atoms with van der Waals surface area (Å²) >= 11 is 1.74. The maximum absolute atomic E-state index is 12.9. The van der Waals surface area contributed by atoms with Gasteiger partial charge in [-0.05, 0) is 43.2 Å². The van der Waals surface area contributed by atoms with Crippen molar-refractivity contribution in [1.29, 1.82) is 0 Å². The molecule has 0 N–H and O–H groups in total.